The van der Waals surface area contributed by atoms with Gasteiger partial charge in [0.25, 0.3) is 10.1 Å². The Hall–Kier alpha value is -4.16. The summed E-state index contributed by atoms with van der Waals surface area (Å²) in [6.07, 6.45) is 1.47. The van der Waals surface area contributed by atoms with Crippen LogP contribution in [-0.4, -0.2) is 111 Å². The van der Waals surface area contributed by atoms with Crippen molar-refractivity contribution in [1.29, 1.82) is 0 Å². The number of carbonyl (C=O) groups is 5. The normalized spacial score (nSPS) is 14.4. The van der Waals surface area contributed by atoms with Gasteiger partial charge in [0.05, 0.1) is 26.2 Å². The number of phenols is 1. The van der Waals surface area contributed by atoms with Crippen LogP contribution < -0.4 is 29.6 Å². The molecule has 0 amide bonds. The van der Waals surface area contributed by atoms with E-state index in [0.29, 0.717) is 0 Å². The standard InChI is InChI=1S/C33H36N2O13S.Na/c1-17-9-22(19(3)24(32(17)44)11-34(13-27(36)37)14-28(38)39)31(21-7-5-6-8-26(21)49(46,47)48)23-10-18(2)33(45)25(20(23)4)12-35(15-29(40)41)16-30(42)43;/h5-10,44H,11-16H2,1-4H3,(H,36,37)(H,38,39)(H,40,41)(H,42,43)(H,46,47,48);/q;+1. The first kappa shape index (κ1) is 42.0. The number of ketones is 1. The summed E-state index contributed by atoms with van der Waals surface area (Å²) in [7, 11) is -4.88. The van der Waals surface area contributed by atoms with E-state index < -0.39 is 77.4 Å². The molecule has 15 nitrogen and oxygen atoms in total. The number of phenolic OH excluding ortho intramolecular Hbond substituents is 1. The van der Waals surface area contributed by atoms with Crippen molar-refractivity contribution < 1.29 is 92.0 Å². The van der Waals surface area contributed by atoms with Crippen molar-refractivity contribution in [2.24, 2.45) is 0 Å². The van der Waals surface area contributed by atoms with Crippen LogP contribution in [0.25, 0.3) is 5.57 Å². The minimum atomic E-state index is -4.88. The number of benzene rings is 2. The molecule has 0 saturated heterocycles. The number of aliphatic carboxylic acids is 4. The number of nitrogens with zero attached hydrogens (tertiary/aromatic N) is 2. The van der Waals surface area contributed by atoms with Gasteiger partial charge in [-0.15, -0.1) is 0 Å². The topological polar surface area (TPSA) is 247 Å². The van der Waals surface area contributed by atoms with E-state index in [0.717, 1.165) is 15.9 Å². The molecule has 6 N–H and O–H groups in total. The number of carboxylic acid groups (broad SMARTS) is 4. The number of aryl methyl sites for hydroxylation is 1. The Morgan fingerprint density at radius 2 is 1.24 bits per heavy atom. The molecule has 0 aliphatic heterocycles. The van der Waals surface area contributed by atoms with E-state index in [9.17, 15) is 62.5 Å². The SMILES string of the molecule is CC1=CC(=C(c2ccccc2S(=O)(=O)O)c2cc(C)c(O)c(CN(CC(=O)O)CC(=O)O)c2C)C(C)=C(CN(CC(=O)O)CC(=O)O)C1=O.[Na+]. The molecule has 2 aromatic rings. The Morgan fingerprint density at radius 3 is 1.72 bits per heavy atom. The molecule has 0 saturated carbocycles. The van der Waals surface area contributed by atoms with E-state index in [2.05, 4.69) is 0 Å². The van der Waals surface area contributed by atoms with Crippen LogP contribution in [0.5, 0.6) is 5.75 Å². The number of carboxylic acids is 4. The number of allylic oxidation sites excluding steroid dienone is 4. The number of Topliss-reactive ketones (excluding diaryl/α,β-unsaturated/α-hetero) is 1. The summed E-state index contributed by atoms with van der Waals surface area (Å²) < 4.78 is 35.6. The molecule has 0 bridgehead atoms. The van der Waals surface area contributed by atoms with Crippen molar-refractivity contribution in [2.75, 3.05) is 32.7 Å². The van der Waals surface area contributed by atoms with Crippen molar-refractivity contribution in [1.82, 2.24) is 9.80 Å². The average molecular weight is 724 g/mol. The maximum absolute atomic E-state index is 13.5. The summed E-state index contributed by atoms with van der Waals surface area (Å²) in [5.41, 5.74) is 1.70. The predicted octanol–water partition coefficient (Wildman–Crippen LogP) is -0.650. The van der Waals surface area contributed by atoms with Gasteiger partial charge < -0.3 is 25.5 Å². The fourth-order valence-electron chi connectivity index (χ4n) is 5.72. The second kappa shape index (κ2) is 17.2. The third-order valence-corrected chi connectivity index (χ3v) is 8.81. The van der Waals surface area contributed by atoms with Crippen LogP contribution in [0.2, 0.25) is 0 Å². The fraction of sp³-hybridized carbons (Fsp3) is 0.303. The van der Waals surface area contributed by atoms with Gasteiger partial charge in [0, 0.05) is 29.8 Å². The number of hydrogen-bond acceptors (Lipinski definition) is 10. The molecule has 1 aliphatic rings. The van der Waals surface area contributed by atoms with E-state index in [-0.39, 0.29) is 97.5 Å². The molecule has 0 heterocycles. The zero-order valence-electron chi connectivity index (χ0n) is 28.1. The van der Waals surface area contributed by atoms with Gasteiger partial charge in [0.1, 0.15) is 10.6 Å². The van der Waals surface area contributed by atoms with E-state index in [1.807, 2.05) is 0 Å². The van der Waals surface area contributed by atoms with Crippen molar-refractivity contribution in [2.45, 2.75) is 39.1 Å². The Bertz CT molecular complexity index is 1920. The third-order valence-electron chi connectivity index (χ3n) is 7.90. The first-order chi connectivity index (χ1) is 22.7. The van der Waals surface area contributed by atoms with Crippen LogP contribution in [0.15, 0.2) is 63.6 Å². The van der Waals surface area contributed by atoms with Crippen LogP contribution in [-0.2, 0) is 40.6 Å². The van der Waals surface area contributed by atoms with E-state index in [4.69, 9.17) is 0 Å². The van der Waals surface area contributed by atoms with Crippen LogP contribution in [0.1, 0.15) is 41.7 Å². The molecule has 17 heteroatoms. The molecule has 0 aromatic heterocycles. The zero-order valence-corrected chi connectivity index (χ0v) is 30.9. The second-order valence-electron chi connectivity index (χ2n) is 11.6. The Morgan fingerprint density at radius 1 is 0.760 bits per heavy atom. The van der Waals surface area contributed by atoms with Gasteiger partial charge in [0.15, 0.2) is 5.78 Å². The molecule has 0 atom stereocenters. The molecule has 3 rings (SSSR count). The maximum atomic E-state index is 13.5. The van der Waals surface area contributed by atoms with Crippen molar-refractivity contribution in [3.63, 3.8) is 0 Å². The van der Waals surface area contributed by atoms with Crippen LogP contribution in [0, 0.1) is 13.8 Å². The monoisotopic (exact) mass is 723 g/mol. The minimum Gasteiger partial charge on any atom is -0.507 e. The summed E-state index contributed by atoms with van der Waals surface area (Å²) in [4.78, 5) is 61.2. The first-order valence-electron chi connectivity index (χ1n) is 14.6. The summed E-state index contributed by atoms with van der Waals surface area (Å²) in [5, 5.41) is 48.7. The first-order valence-corrected chi connectivity index (χ1v) is 16.0. The van der Waals surface area contributed by atoms with Gasteiger partial charge in [0.2, 0.25) is 0 Å². The van der Waals surface area contributed by atoms with Gasteiger partial charge in [-0.05, 0) is 84.9 Å². The summed E-state index contributed by atoms with van der Waals surface area (Å²) in [6, 6.07) is 6.95. The molecule has 0 radical (unpaired) electrons. The van der Waals surface area contributed by atoms with E-state index in [1.165, 1.54) is 51.1 Å². The Balaban J connectivity index is 0.00000867. The number of rotatable bonds is 15. The van der Waals surface area contributed by atoms with Crippen molar-refractivity contribution in [3.05, 3.63) is 86.5 Å². The summed E-state index contributed by atoms with van der Waals surface area (Å²) in [5.74, 6) is -6.10. The summed E-state index contributed by atoms with van der Waals surface area (Å²) >= 11 is 0. The second-order valence-corrected chi connectivity index (χ2v) is 13.0. The van der Waals surface area contributed by atoms with Crippen molar-refractivity contribution in [3.8, 4) is 5.75 Å². The van der Waals surface area contributed by atoms with E-state index >= 15 is 0 Å². The van der Waals surface area contributed by atoms with Gasteiger partial charge in [-0.3, -0.25) is 38.3 Å². The Labute approximate surface area is 309 Å². The van der Waals surface area contributed by atoms with Gasteiger partial charge in [-0.25, -0.2) is 0 Å². The van der Waals surface area contributed by atoms with Crippen LogP contribution in [0.3, 0.4) is 0 Å². The molecule has 1 aliphatic carbocycles. The molecule has 2 aromatic carbocycles. The number of aromatic hydroxyl groups is 1. The van der Waals surface area contributed by atoms with Gasteiger partial charge >= 0.3 is 53.4 Å². The summed E-state index contributed by atoms with van der Waals surface area (Å²) in [6.45, 7) is 2.52. The molecule has 0 unspecified atom stereocenters. The zero-order chi connectivity index (χ0) is 37.0. The molecular formula is C33H36N2NaO13S+. The third kappa shape index (κ3) is 10.2. The Kier molecular flexibility index (Phi) is 14.4. The van der Waals surface area contributed by atoms with Crippen molar-refractivity contribution >= 4 is 45.4 Å². The molecule has 0 fully saturated rings. The van der Waals surface area contributed by atoms with Crippen LogP contribution in [0.4, 0.5) is 0 Å². The minimum absolute atomic E-state index is 0. The largest absolute Gasteiger partial charge is 1.00 e. The van der Waals surface area contributed by atoms with Crippen LogP contribution >= 0.6 is 0 Å². The predicted molar refractivity (Wildman–Crippen MR) is 174 cm³/mol. The molecule has 0 spiro atoms. The average Bonchev–Trinajstić information content (AvgIpc) is 2.97. The number of hydrogen-bond donors (Lipinski definition) is 6. The van der Waals surface area contributed by atoms with Gasteiger partial charge in [-0.1, -0.05) is 18.2 Å². The van der Waals surface area contributed by atoms with E-state index in [1.54, 1.807) is 6.92 Å². The van der Waals surface area contributed by atoms with Gasteiger partial charge in [-0.2, -0.15) is 8.42 Å². The quantitative estimate of drug-likeness (QED) is 0.0987. The molecule has 262 valence electrons. The number of carbonyl (C=O) groups excluding carboxylic acids is 1. The smallest absolute Gasteiger partial charge is 0.507 e. The molecule has 50 heavy (non-hydrogen) atoms. The maximum Gasteiger partial charge on any atom is 1.00 e. The molecular weight excluding hydrogens is 687 g/mol. The fourth-order valence-corrected chi connectivity index (χ4v) is 6.42.